The van der Waals surface area contributed by atoms with Gasteiger partial charge in [0.1, 0.15) is 0 Å². The highest BCUT2D eigenvalue weighted by Crippen LogP contribution is 2.22. The zero-order chi connectivity index (χ0) is 17.9. The quantitative estimate of drug-likeness (QED) is 0.887. The first-order chi connectivity index (χ1) is 11.3. The Morgan fingerprint density at radius 2 is 1.83 bits per heavy atom. The number of rotatable bonds is 4. The summed E-state index contributed by atoms with van der Waals surface area (Å²) in [7, 11) is 0. The monoisotopic (exact) mass is 332 g/mol. The predicted octanol–water partition coefficient (Wildman–Crippen LogP) is 2.53. The van der Waals surface area contributed by atoms with Crippen LogP contribution in [0.2, 0.25) is 0 Å². The fourth-order valence-electron chi connectivity index (χ4n) is 2.90. The van der Waals surface area contributed by atoms with E-state index in [1.54, 1.807) is 19.1 Å². The van der Waals surface area contributed by atoms with E-state index in [1.807, 2.05) is 18.7 Å². The second-order valence-corrected chi connectivity index (χ2v) is 6.58. The maximum Gasteiger partial charge on any atom is 0.336 e. The van der Waals surface area contributed by atoms with E-state index in [0.717, 1.165) is 0 Å². The predicted molar refractivity (Wildman–Crippen MR) is 90.9 cm³/mol. The number of hydrogen-bond acceptors (Lipinski definition) is 3. The molecule has 24 heavy (non-hydrogen) atoms. The molecule has 6 nitrogen and oxygen atoms in total. The van der Waals surface area contributed by atoms with Crippen LogP contribution in [-0.2, 0) is 9.59 Å². The molecule has 6 heteroatoms. The van der Waals surface area contributed by atoms with E-state index in [1.165, 1.54) is 6.07 Å². The van der Waals surface area contributed by atoms with E-state index < -0.39 is 5.97 Å². The van der Waals surface area contributed by atoms with Gasteiger partial charge in [-0.1, -0.05) is 19.9 Å². The Hall–Kier alpha value is -2.37. The summed E-state index contributed by atoms with van der Waals surface area (Å²) in [5.74, 6) is -1.19. The van der Waals surface area contributed by atoms with Gasteiger partial charge < -0.3 is 15.3 Å². The third-order valence-electron chi connectivity index (χ3n) is 4.41. The molecular formula is C18H24N2O4. The average molecular weight is 332 g/mol. The molecule has 0 bridgehead atoms. The number of aryl methyl sites for hydroxylation is 1. The van der Waals surface area contributed by atoms with Crippen molar-refractivity contribution in [3.63, 3.8) is 0 Å². The first-order valence-electron chi connectivity index (χ1n) is 8.23. The average Bonchev–Trinajstić information content (AvgIpc) is 2.55. The summed E-state index contributed by atoms with van der Waals surface area (Å²) in [5, 5.41) is 11.9. The first kappa shape index (κ1) is 18.0. The van der Waals surface area contributed by atoms with Crippen LogP contribution in [0, 0.1) is 18.8 Å². The van der Waals surface area contributed by atoms with Crippen molar-refractivity contribution in [2.24, 2.45) is 11.8 Å². The number of nitrogens with one attached hydrogen (secondary N) is 1. The number of anilines is 1. The topological polar surface area (TPSA) is 86.7 Å². The second-order valence-electron chi connectivity index (χ2n) is 6.58. The van der Waals surface area contributed by atoms with E-state index in [9.17, 15) is 14.4 Å². The van der Waals surface area contributed by atoms with Gasteiger partial charge in [-0.15, -0.1) is 0 Å². The Bertz CT molecular complexity index is 646. The van der Waals surface area contributed by atoms with Gasteiger partial charge in [-0.25, -0.2) is 4.79 Å². The van der Waals surface area contributed by atoms with Crippen molar-refractivity contribution < 1.29 is 19.5 Å². The van der Waals surface area contributed by atoms with Crippen molar-refractivity contribution in [2.75, 3.05) is 18.4 Å². The molecule has 0 aromatic heterocycles. The zero-order valence-electron chi connectivity index (χ0n) is 14.3. The van der Waals surface area contributed by atoms with Gasteiger partial charge in [0.05, 0.1) is 5.56 Å². The largest absolute Gasteiger partial charge is 0.478 e. The van der Waals surface area contributed by atoms with Crippen molar-refractivity contribution in [1.29, 1.82) is 0 Å². The highest BCUT2D eigenvalue weighted by Gasteiger charge is 2.28. The summed E-state index contributed by atoms with van der Waals surface area (Å²) in [4.78, 5) is 37.3. The lowest BCUT2D eigenvalue weighted by Crippen LogP contribution is -2.43. The molecule has 2 amide bonds. The molecule has 2 N–H and O–H groups in total. The summed E-state index contributed by atoms with van der Waals surface area (Å²) in [6.07, 6.45) is 1.25. The van der Waals surface area contributed by atoms with Crippen LogP contribution in [0.1, 0.15) is 42.6 Å². The molecule has 1 aliphatic rings. The van der Waals surface area contributed by atoms with Gasteiger partial charge in [0.2, 0.25) is 11.8 Å². The van der Waals surface area contributed by atoms with Crippen LogP contribution in [0.25, 0.3) is 0 Å². The van der Waals surface area contributed by atoms with E-state index >= 15 is 0 Å². The minimum atomic E-state index is -1.01. The molecule has 0 saturated carbocycles. The molecule has 0 atom stereocenters. The van der Waals surface area contributed by atoms with Gasteiger partial charge in [-0.2, -0.15) is 0 Å². The number of likely N-dealkylation sites (tertiary alicyclic amines) is 1. The van der Waals surface area contributed by atoms with E-state index in [4.69, 9.17) is 5.11 Å². The smallest absolute Gasteiger partial charge is 0.336 e. The zero-order valence-corrected chi connectivity index (χ0v) is 14.3. The fourth-order valence-corrected chi connectivity index (χ4v) is 2.90. The SMILES string of the molecule is Cc1ccc(NC(=O)C2CCN(C(=O)C(C)C)CC2)cc1C(=O)O. The van der Waals surface area contributed by atoms with Gasteiger partial charge in [0.25, 0.3) is 0 Å². The molecule has 0 spiro atoms. The lowest BCUT2D eigenvalue weighted by Gasteiger charge is -2.32. The van der Waals surface area contributed by atoms with E-state index in [0.29, 0.717) is 37.2 Å². The summed E-state index contributed by atoms with van der Waals surface area (Å²) in [5.41, 5.74) is 1.33. The molecule has 0 aliphatic carbocycles. The molecule has 1 aromatic carbocycles. The van der Waals surface area contributed by atoms with Crippen LogP contribution in [-0.4, -0.2) is 40.9 Å². The number of carboxylic acid groups (broad SMARTS) is 1. The maximum atomic E-state index is 12.4. The lowest BCUT2D eigenvalue weighted by molar-refractivity contribution is -0.137. The number of amides is 2. The summed E-state index contributed by atoms with van der Waals surface area (Å²) < 4.78 is 0. The standard InChI is InChI=1S/C18H24N2O4/c1-11(2)17(22)20-8-6-13(7-9-20)16(21)19-14-5-4-12(3)15(10-14)18(23)24/h4-5,10-11,13H,6-9H2,1-3H3,(H,19,21)(H,23,24). The molecule has 0 radical (unpaired) electrons. The number of aromatic carboxylic acids is 1. The summed E-state index contributed by atoms with van der Waals surface area (Å²) in [6.45, 7) is 6.64. The fraction of sp³-hybridized carbons (Fsp3) is 0.500. The second kappa shape index (κ2) is 7.47. The molecule has 1 heterocycles. The van der Waals surface area contributed by atoms with Crippen molar-refractivity contribution in [1.82, 2.24) is 4.90 Å². The van der Waals surface area contributed by atoms with Crippen molar-refractivity contribution >= 4 is 23.5 Å². The molecule has 1 aromatic rings. The minimum absolute atomic E-state index is 0.0302. The number of carboxylic acids is 1. The normalized spacial score (nSPS) is 15.4. The number of benzene rings is 1. The molecule has 1 aliphatic heterocycles. The number of piperidine rings is 1. The van der Waals surface area contributed by atoms with Gasteiger partial charge in [0.15, 0.2) is 0 Å². The Labute approximate surface area is 141 Å². The van der Waals surface area contributed by atoms with Crippen LogP contribution in [0.4, 0.5) is 5.69 Å². The third kappa shape index (κ3) is 4.13. The summed E-state index contributed by atoms with van der Waals surface area (Å²) >= 11 is 0. The van der Waals surface area contributed by atoms with Gasteiger partial charge >= 0.3 is 5.97 Å². The van der Waals surface area contributed by atoms with Gasteiger partial charge in [-0.3, -0.25) is 9.59 Å². The van der Waals surface area contributed by atoms with Crippen molar-refractivity contribution in [2.45, 2.75) is 33.6 Å². The Morgan fingerprint density at radius 3 is 2.38 bits per heavy atom. The van der Waals surface area contributed by atoms with E-state index in [-0.39, 0.29) is 29.2 Å². The van der Waals surface area contributed by atoms with Crippen LogP contribution >= 0.6 is 0 Å². The van der Waals surface area contributed by atoms with Crippen LogP contribution in [0.5, 0.6) is 0 Å². The Kier molecular flexibility index (Phi) is 5.59. The molecular weight excluding hydrogens is 308 g/mol. The van der Waals surface area contributed by atoms with Crippen LogP contribution < -0.4 is 5.32 Å². The number of hydrogen-bond donors (Lipinski definition) is 2. The van der Waals surface area contributed by atoms with Crippen LogP contribution in [0.15, 0.2) is 18.2 Å². The number of nitrogens with zero attached hydrogens (tertiary/aromatic N) is 1. The molecule has 2 rings (SSSR count). The van der Waals surface area contributed by atoms with Crippen molar-refractivity contribution in [3.8, 4) is 0 Å². The molecule has 1 saturated heterocycles. The third-order valence-corrected chi connectivity index (χ3v) is 4.41. The molecule has 130 valence electrons. The highest BCUT2D eigenvalue weighted by atomic mass is 16.4. The summed E-state index contributed by atoms with van der Waals surface area (Å²) in [6, 6.07) is 4.87. The number of carbonyl (C=O) groups excluding carboxylic acids is 2. The van der Waals surface area contributed by atoms with Gasteiger partial charge in [0, 0.05) is 30.6 Å². The minimum Gasteiger partial charge on any atom is -0.478 e. The highest BCUT2D eigenvalue weighted by molar-refractivity contribution is 5.95. The Morgan fingerprint density at radius 1 is 1.21 bits per heavy atom. The van der Waals surface area contributed by atoms with Crippen molar-refractivity contribution in [3.05, 3.63) is 29.3 Å². The van der Waals surface area contributed by atoms with Crippen LogP contribution in [0.3, 0.4) is 0 Å². The number of carbonyl (C=O) groups is 3. The van der Waals surface area contributed by atoms with E-state index in [2.05, 4.69) is 5.32 Å². The van der Waals surface area contributed by atoms with Gasteiger partial charge in [-0.05, 0) is 37.5 Å². The molecule has 0 unspecified atom stereocenters. The first-order valence-corrected chi connectivity index (χ1v) is 8.23. The Balaban J connectivity index is 1.96. The lowest BCUT2D eigenvalue weighted by atomic mass is 9.95. The molecule has 1 fully saturated rings. The maximum absolute atomic E-state index is 12.4.